The number of carboxylic acid groups (broad SMARTS) is 1. The highest BCUT2D eigenvalue weighted by atomic mass is 32.1. The number of ether oxygens (including phenoxy) is 1. The van der Waals surface area contributed by atoms with E-state index in [-0.39, 0.29) is 16.8 Å². The highest BCUT2D eigenvalue weighted by Crippen LogP contribution is 2.27. The minimum Gasteiger partial charge on any atom is -0.477 e. The van der Waals surface area contributed by atoms with E-state index in [4.69, 9.17) is 9.84 Å². The molecule has 2 N–H and O–H groups in total. The van der Waals surface area contributed by atoms with Gasteiger partial charge in [-0.2, -0.15) is 0 Å². The number of carboxylic acids is 1. The quantitative estimate of drug-likeness (QED) is 0.786. The Balaban J connectivity index is 1.57. The Bertz CT molecular complexity index is 781. The van der Waals surface area contributed by atoms with E-state index < -0.39 is 5.97 Å². The van der Waals surface area contributed by atoms with Crippen LogP contribution in [0.3, 0.4) is 0 Å². The molecule has 1 aliphatic rings. The third-order valence-corrected chi connectivity index (χ3v) is 5.43. The van der Waals surface area contributed by atoms with E-state index in [1.54, 1.807) is 18.0 Å². The number of aromatic carboxylic acids is 1. The number of piperidine rings is 1. The zero-order valence-electron chi connectivity index (χ0n) is 14.6. The number of hydrogen-bond acceptors (Lipinski definition) is 7. The Morgan fingerprint density at radius 3 is 2.81 bits per heavy atom. The maximum atomic E-state index is 12.6. The average molecular weight is 379 g/mol. The zero-order chi connectivity index (χ0) is 18.7. The lowest BCUT2D eigenvalue weighted by atomic mass is 10.0. The Morgan fingerprint density at radius 1 is 1.46 bits per heavy atom. The first-order chi connectivity index (χ1) is 12.5. The predicted molar refractivity (Wildman–Crippen MR) is 96.2 cm³/mol. The van der Waals surface area contributed by atoms with Crippen molar-refractivity contribution in [2.24, 2.45) is 0 Å². The molecule has 0 atom stereocenters. The first kappa shape index (κ1) is 18.2. The summed E-state index contributed by atoms with van der Waals surface area (Å²) in [5, 5.41) is 16.4. The van der Waals surface area contributed by atoms with Crippen molar-refractivity contribution in [3.05, 3.63) is 22.8 Å². The standard InChI is InChI=1S/C16H21N5O4S/c1-3-25-13-8-11(18-19-13)14(22)20(2)10-4-6-21(7-5-10)16-17-9-12(26-16)15(23)24/h8-10H,3-7H2,1-2H3,(H,18,19)(H,23,24). The lowest BCUT2D eigenvalue weighted by molar-refractivity contribution is 0.0693. The Labute approximate surface area is 154 Å². The van der Waals surface area contributed by atoms with Crippen LogP contribution in [0.5, 0.6) is 5.88 Å². The zero-order valence-corrected chi connectivity index (χ0v) is 15.5. The second kappa shape index (κ2) is 7.73. The van der Waals surface area contributed by atoms with Crippen molar-refractivity contribution in [2.45, 2.75) is 25.8 Å². The molecule has 0 saturated carbocycles. The number of rotatable bonds is 6. The van der Waals surface area contributed by atoms with Crippen LogP contribution < -0.4 is 9.64 Å². The molecule has 0 radical (unpaired) electrons. The van der Waals surface area contributed by atoms with Gasteiger partial charge in [0.05, 0.1) is 12.8 Å². The van der Waals surface area contributed by atoms with Gasteiger partial charge in [0.15, 0.2) is 5.13 Å². The first-order valence-electron chi connectivity index (χ1n) is 8.39. The summed E-state index contributed by atoms with van der Waals surface area (Å²) < 4.78 is 5.28. The summed E-state index contributed by atoms with van der Waals surface area (Å²) >= 11 is 1.18. The molecule has 1 fully saturated rings. The minimum absolute atomic E-state index is 0.108. The molecular weight excluding hydrogens is 358 g/mol. The number of aromatic nitrogens is 3. The second-order valence-electron chi connectivity index (χ2n) is 6.00. The third kappa shape index (κ3) is 3.79. The van der Waals surface area contributed by atoms with Crippen molar-refractivity contribution in [2.75, 3.05) is 31.6 Å². The van der Waals surface area contributed by atoms with Crippen molar-refractivity contribution in [1.29, 1.82) is 0 Å². The average Bonchev–Trinajstić information content (AvgIpc) is 3.31. The van der Waals surface area contributed by atoms with Gasteiger partial charge < -0.3 is 19.6 Å². The van der Waals surface area contributed by atoms with Gasteiger partial charge in [-0.3, -0.25) is 9.89 Å². The van der Waals surface area contributed by atoms with E-state index in [2.05, 4.69) is 20.1 Å². The van der Waals surface area contributed by atoms with Crippen molar-refractivity contribution < 1.29 is 19.4 Å². The van der Waals surface area contributed by atoms with Crippen molar-refractivity contribution in [3.8, 4) is 5.88 Å². The van der Waals surface area contributed by atoms with Gasteiger partial charge in [-0.25, -0.2) is 9.78 Å². The molecule has 0 unspecified atom stereocenters. The topological polar surface area (TPSA) is 112 Å². The van der Waals surface area contributed by atoms with Gasteiger partial charge in [0.1, 0.15) is 10.6 Å². The van der Waals surface area contributed by atoms with E-state index in [1.165, 1.54) is 17.5 Å². The number of anilines is 1. The molecule has 1 saturated heterocycles. The molecule has 0 bridgehead atoms. The van der Waals surface area contributed by atoms with Crippen LogP contribution in [0.15, 0.2) is 12.3 Å². The number of amides is 1. The van der Waals surface area contributed by atoms with Gasteiger partial charge in [-0.1, -0.05) is 11.3 Å². The van der Waals surface area contributed by atoms with E-state index in [0.29, 0.717) is 23.3 Å². The molecule has 0 aliphatic carbocycles. The third-order valence-electron chi connectivity index (χ3n) is 4.38. The van der Waals surface area contributed by atoms with Crippen molar-refractivity contribution in [3.63, 3.8) is 0 Å². The summed E-state index contributed by atoms with van der Waals surface area (Å²) in [5.41, 5.74) is 0.407. The Morgan fingerprint density at radius 2 is 2.19 bits per heavy atom. The number of nitrogens with one attached hydrogen (secondary N) is 1. The Kier molecular flexibility index (Phi) is 5.40. The number of nitrogens with zero attached hydrogens (tertiary/aromatic N) is 4. The normalized spacial score (nSPS) is 15.1. The highest BCUT2D eigenvalue weighted by Gasteiger charge is 2.28. The van der Waals surface area contributed by atoms with Crippen LogP contribution in [0.4, 0.5) is 5.13 Å². The monoisotopic (exact) mass is 379 g/mol. The Hall–Kier alpha value is -2.62. The number of thiazole rings is 1. The number of hydrogen-bond donors (Lipinski definition) is 2. The van der Waals surface area contributed by atoms with Crippen LogP contribution in [0, 0.1) is 0 Å². The smallest absolute Gasteiger partial charge is 0.347 e. The number of carbonyl (C=O) groups is 2. The minimum atomic E-state index is -0.958. The molecule has 3 rings (SSSR count). The van der Waals surface area contributed by atoms with E-state index >= 15 is 0 Å². The SMILES string of the molecule is CCOc1cc(C(=O)N(C)C2CCN(c3ncc(C(=O)O)s3)CC2)[nH]n1. The predicted octanol–water partition coefficient (Wildman–Crippen LogP) is 1.70. The lowest BCUT2D eigenvalue weighted by Crippen LogP contribution is -2.45. The number of carbonyl (C=O) groups excluding carboxylic acids is 1. The van der Waals surface area contributed by atoms with Crippen LogP contribution >= 0.6 is 11.3 Å². The molecule has 2 aromatic heterocycles. The van der Waals surface area contributed by atoms with Gasteiger partial charge in [-0.05, 0) is 19.8 Å². The number of aromatic amines is 1. The lowest BCUT2D eigenvalue weighted by Gasteiger charge is -2.36. The van der Waals surface area contributed by atoms with Gasteiger partial charge in [0, 0.05) is 32.2 Å². The maximum absolute atomic E-state index is 12.6. The molecule has 10 heteroatoms. The van der Waals surface area contributed by atoms with Crippen LogP contribution in [-0.2, 0) is 0 Å². The molecule has 1 aliphatic heterocycles. The molecule has 0 spiro atoms. The fourth-order valence-corrected chi connectivity index (χ4v) is 3.75. The van der Waals surface area contributed by atoms with Crippen LogP contribution in [-0.4, -0.2) is 69.9 Å². The maximum Gasteiger partial charge on any atom is 0.347 e. The summed E-state index contributed by atoms with van der Waals surface area (Å²) in [4.78, 5) is 31.8. The molecule has 26 heavy (non-hydrogen) atoms. The van der Waals surface area contributed by atoms with Crippen LogP contribution in [0.2, 0.25) is 0 Å². The summed E-state index contributed by atoms with van der Waals surface area (Å²) in [6.07, 6.45) is 2.96. The van der Waals surface area contributed by atoms with E-state index in [0.717, 1.165) is 25.9 Å². The fourth-order valence-electron chi connectivity index (χ4n) is 2.94. The number of H-pyrrole nitrogens is 1. The van der Waals surface area contributed by atoms with Gasteiger partial charge in [0.25, 0.3) is 5.91 Å². The first-order valence-corrected chi connectivity index (χ1v) is 9.20. The van der Waals surface area contributed by atoms with Gasteiger partial charge in [-0.15, -0.1) is 5.10 Å². The van der Waals surface area contributed by atoms with Gasteiger partial charge in [0.2, 0.25) is 5.88 Å². The molecule has 9 nitrogen and oxygen atoms in total. The summed E-state index contributed by atoms with van der Waals surface area (Å²) in [5.74, 6) is -0.665. The van der Waals surface area contributed by atoms with Crippen molar-refractivity contribution >= 4 is 28.3 Å². The molecule has 2 aromatic rings. The van der Waals surface area contributed by atoms with Gasteiger partial charge >= 0.3 is 5.97 Å². The van der Waals surface area contributed by atoms with Crippen molar-refractivity contribution in [1.82, 2.24) is 20.1 Å². The fraction of sp³-hybridized carbons (Fsp3) is 0.500. The molecular formula is C16H21N5O4S. The van der Waals surface area contributed by atoms with Crippen LogP contribution in [0.25, 0.3) is 0 Å². The highest BCUT2D eigenvalue weighted by molar-refractivity contribution is 7.17. The molecule has 3 heterocycles. The summed E-state index contributed by atoms with van der Waals surface area (Å²) in [6, 6.07) is 1.72. The molecule has 140 valence electrons. The van der Waals surface area contributed by atoms with Crippen LogP contribution in [0.1, 0.15) is 39.9 Å². The van der Waals surface area contributed by atoms with E-state index in [1.807, 2.05) is 6.92 Å². The summed E-state index contributed by atoms with van der Waals surface area (Å²) in [7, 11) is 1.79. The molecule has 1 amide bonds. The largest absolute Gasteiger partial charge is 0.477 e. The summed E-state index contributed by atoms with van der Waals surface area (Å²) in [6.45, 7) is 3.80. The second-order valence-corrected chi connectivity index (χ2v) is 7.01. The van der Waals surface area contributed by atoms with E-state index in [9.17, 15) is 9.59 Å². The molecule has 0 aromatic carbocycles.